The number of hydrogen-bond donors (Lipinski definition) is 5. The summed E-state index contributed by atoms with van der Waals surface area (Å²) in [6.45, 7) is 1.94. The summed E-state index contributed by atoms with van der Waals surface area (Å²) in [6, 6.07) is 20.9. The second-order valence-corrected chi connectivity index (χ2v) is 15.8. The molecule has 0 aliphatic carbocycles. The minimum atomic E-state index is -4.21. The second kappa shape index (κ2) is 14.5. The van der Waals surface area contributed by atoms with Crippen molar-refractivity contribution in [2.75, 3.05) is 25.1 Å². The van der Waals surface area contributed by atoms with E-state index in [4.69, 9.17) is 14.0 Å². The number of benzene rings is 4. The number of aliphatic hydroxyl groups excluding tert-OH is 1. The summed E-state index contributed by atoms with van der Waals surface area (Å²) in [5.74, 6) is 0.462. The van der Waals surface area contributed by atoms with Crippen LogP contribution in [-0.2, 0) is 44.2 Å². The summed E-state index contributed by atoms with van der Waals surface area (Å²) < 4.78 is 72.2. The molecule has 0 spiro atoms. The summed E-state index contributed by atoms with van der Waals surface area (Å²) in [5.41, 5.74) is 5.69. The Morgan fingerprint density at radius 2 is 1.56 bits per heavy atom. The van der Waals surface area contributed by atoms with Crippen LogP contribution in [-0.4, -0.2) is 63.2 Å². The molecule has 12 nitrogen and oxygen atoms in total. The number of para-hydroxylation sites is 1. The zero-order valence-electron chi connectivity index (χ0n) is 26.8. The molecule has 0 saturated heterocycles. The number of ether oxygens (including phenoxy) is 2. The number of carbonyl (C=O) groups is 1. The smallest absolute Gasteiger partial charge is 0.298 e. The number of sulfonamides is 1. The number of H-pyrrole nitrogens is 1. The van der Waals surface area contributed by atoms with Crippen LogP contribution in [0.15, 0.2) is 93.3 Å². The molecule has 7 rings (SSSR count). The molecule has 3 heterocycles. The maximum absolute atomic E-state index is 13.6. The number of aromatic amines is 1. The molecule has 4 aromatic carbocycles. The Hall–Kier alpha value is -4.25. The summed E-state index contributed by atoms with van der Waals surface area (Å²) in [6.07, 6.45) is 3.44. The average Bonchev–Trinajstić information content (AvgIpc) is 3.83. The molecule has 1 atom stereocenters. The van der Waals surface area contributed by atoms with Crippen LogP contribution in [0.5, 0.6) is 11.5 Å². The lowest BCUT2D eigenvalue weighted by Crippen LogP contribution is -2.39. The van der Waals surface area contributed by atoms with Crippen LogP contribution in [0.3, 0.4) is 0 Å². The quantitative estimate of drug-likeness (QED) is 0.125. The highest BCUT2D eigenvalue weighted by molar-refractivity contribution is 9.10. The highest BCUT2D eigenvalue weighted by Crippen LogP contribution is 2.38. The van der Waals surface area contributed by atoms with Gasteiger partial charge in [0.1, 0.15) is 21.3 Å². The van der Waals surface area contributed by atoms with E-state index in [-0.39, 0.29) is 28.1 Å². The van der Waals surface area contributed by atoms with Crippen LogP contribution in [0.2, 0.25) is 0 Å². The molecule has 2 aliphatic heterocycles. The van der Waals surface area contributed by atoms with Crippen molar-refractivity contribution in [1.82, 2.24) is 9.71 Å². The molecule has 0 unspecified atom stereocenters. The summed E-state index contributed by atoms with van der Waals surface area (Å²) in [7, 11) is -8.22. The monoisotopic (exact) mass is 783 g/mol. The predicted octanol–water partition coefficient (Wildman–Crippen LogP) is 5.24. The normalized spacial score (nSPS) is 14.2. The third-order valence-corrected chi connectivity index (χ3v) is 11.1. The lowest BCUT2D eigenvalue weighted by atomic mass is 10.0. The van der Waals surface area contributed by atoms with Gasteiger partial charge in [0.25, 0.3) is 10.1 Å². The molecule has 5 N–H and O–H groups in total. The van der Waals surface area contributed by atoms with Gasteiger partial charge >= 0.3 is 0 Å². The number of aliphatic hydroxyl groups is 1. The van der Waals surface area contributed by atoms with Gasteiger partial charge in [0.2, 0.25) is 15.9 Å². The minimum absolute atomic E-state index is 0.0517. The Kier molecular flexibility index (Phi) is 10.3. The Balaban J connectivity index is 0.000000257. The number of halogens is 1. The Labute approximate surface area is 297 Å². The molecule has 50 heavy (non-hydrogen) atoms. The maximum Gasteiger partial charge on any atom is 0.298 e. The van der Waals surface area contributed by atoms with E-state index in [0.29, 0.717) is 48.4 Å². The zero-order chi connectivity index (χ0) is 35.6. The number of carbonyl (C=O) groups excluding carboxylic acids is 1. The highest BCUT2D eigenvalue weighted by Gasteiger charge is 2.29. The van der Waals surface area contributed by atoms with Crippen molar-refractivity contribution in [3.63, 3.8) is 0 Å². The average molecular weight is 785 g/mol. The fourth-order valence-electron chi connectivity index (χ4n) is 6.01. The SMILES string of the molecule is CC(=O)Nc1ccc(-c2cc3c(c(S(=O)(=O)N[C@@H](CO)Cc4c[nH]c5ccccc45)c2)OCC3)cc1.O=S(=O)(O)c1cc(Br)cc2c1OCC2. The number of aromatic nitrogens is 1. The van der Waals surface area contributed by atoms with Gasteiger partial charge in [0, 0.05) is 58.6 Å². The first-order valence-electron chi connectivity index (χ1n) is 15.6. The third kappa shape index (κ3) is 7.88. The first-order chi connectivity index (χ1) is 23.8. The Morgan fingerprint density at radius 3 is 2.22 bits per heavy atom. The molecule has 2 aliphatic rings. The zero-order valence-corrected chi connectivity index (χ0v) is 30.0. The van der Waals surface area contributed by atoms with E-state index >= 15 is 0 Å². The van der Waals surface area contributed by atoms with Crippen LogP contribution in [0.1, 0.15) is 23.6 Å². The third-order valence-electron chi connectivity index (χ3n) is 8.25. The molecule has 1 amide bonds. The lowest BCUT2D eigenvalue weighted by molar-refractivity contribution is -0.114. The number of rotatable bonds is 9. The number of anilines is 1. The second-order valence-electron chi connectivity index (χ2n) is 11.8. The van der Waals surface area contributed by atoms with Crippen LogP contribution in [0.25, 0.3) is 22.0 Å². The number of amides is 1. The standard InChI is InChI=1S/C27H27N3O5S.C8H7BrO4S/c1-17(32)29-22-8-6-18(7-9-22)20-12-19-10-11-35-27(19)26(14-20)36(33,34)30-23(16-31)13-21-15-28-25-5-3-2-4-24(21)25;9-6-3-5-1-2-13-8(5)7(4-6)14(10,11)12/h2-9,12,14-15,23,28,30-31H,10-11,13,16H2,1H3,(H,29,32);3-4H,1-2H2,(H,10,11,12)/t23-;/m1./s1. The fourth-order valence-corrected chi connectivity index (χ4v) is 8.80. The van der Waals surface area contributed by atoms with Crippen molar-refractivity contribution in [2.45, 2.75) is 42.0 Å². The fraction of sp³-hybridized carbons (Fsp3) is 0.229. The number of hydrogen-bond acceptors (Lipinski definition) is 8. The predicted molar refractivity (Wildman–Crippen MR) is 192 cm³/mol. The van der Waals surface area contributed by atoms with E-state index in [9.17, 15) is 26.7 Å². The molecule has 262 valence electrons. The first kappa shape index (κ1) is 35.6. The summed E-state index contributed by atoms with van der Waals surface area (Å²) in [5, 5.41) is 13.7. The van der Waals surface area contributed by atoms with E-state index in [1.807, 2.05) is 48.7 Å². The van der Waals surface area contributed by atoms with Crippen LogP contribution >= 0.6 is 15.9 Å². The van der Waals surface area contributed by atoms with Crippen molar-refractivity contribution in [3.05, 3.63) is 100 Å². The van der Waals surface area contributed by atoms with Crippen LogP contribution < -0.4 is 19.5 Å². The minimum Gasteiger partial charge on any atom is -0.492 e. The molecule has 0 saturated carbocycles. The first-order valence-corrected chi connectivity index (χ1v) is 19.3. The van der Waals surface area contributed by atoms with Crippen molar-refractivity contribution in [3.8, 4) is 22.6 Å². The van der Waals surface area contributed by atoms with Crippen molar-refractivity contribution >= 4 is 58.6 Å². The van der Waals surface area contributed by atoms with Gasteiger partial charge in [-0.25, -0.2) is 13.1 Å². The largest absolute Gasteiger partial charge is 0.492 e. The van der Waals surface area contributed by atoms with Gasteiger partial charge in [0.05, 0.1) is 19.8 Å². The van der Waals surface area contributed by atoms with Crippen molar-refractivity contribution in [1.29, 1.82) is 0 Å². The summed E-state index contributed by atoms with van der Waals surface area (Å²) in [4.78, 5) is 14.4. The van der Waals surface area contributed by atoms with E-state index in [2.05, 4.69) is 31.0 Å². The van der Waals surface area contributed by atoms with E-state index in [0.717, 1.165) is 38.7 Å². The van der Waals surface area contributed by atoms with Crippen LogP contribution in [0.4, 0.5) is 5.69 Å². The van der Waals surface area contributed by atoms with Gasteiger partial charge in [-0.1, -0.05) is 46.3 Å². The van der Waals surface area contributed by atoms with Gasteiger partial charge in [-0.15, -0.1) is 0 Å². The number of fused-ring (bicyclic) bond motifs is 3. The molecule has 0 bridgehead atoms. The molecule has 0 radical (unpaired) electrons. The topological polar surface area (TPSA) is 184 Å². The Bertz CT molecular complexity index is 2290. The van der Waals surface area contributed by atoms with Gasteiger partial charge < -0.3 is 24.9 Å². The van der Waals surface area contributed by atoms with Gasteiger partial charge in [-0.2, -0.15) is 8.42 Å². The molecule has 15 heteroatoms. The van der Waals surface area contributed by atoms with E-state index in [1.165, 1.54) is 13.0 Å². The molecule has 0 fully saturated rings. The lowest BCUT2D eigenvalue weighted by Gasteiger charge is -2.18. The van der Waals surface area contributed by atoms with Gasteiger partial charge in [0.15, 0.2) is 0 Å². The molecular weight excluding hydrogens is 750 g/mol. The van der Waals surface area contributed by atoms with Crippen molar-refractivity contribution < 1.29 is 40.8 Å². The summed E-state index contributed by atoms with van der Waals surface area (Å²) >= 11 is 3.18. The highest BCUT2D eigenvalue weighted by atomic mass is 79.9. The number of nitrogens with one attached hydrogen (secondary N) is 3. The van der Waals surface area contributed by atoms with Gasteiger partial charge in [-0.3, -0.25) is 9.35 Å². The van der Waals surface area contributed by atoms with Crippen molar-refractivity contribution in [2.24, 2.45) is 0 Å². The van der Waals surface area contributed by atoms with E-state index < -0.39 is 26.2 Å². The van der Waals surface area contributed by atoms with E-state index in [1.54, 1.807) is 24.3 Å². The van der Waals surface area contributed by atoms with Gasteiger partial charge in [-0.05, 0) is 71.1 Å². The maximum atomic E-state index is 13.6. The Morgan fingerprint density at radius 1 is 0.900 bits per heavy atom. The molecule has 1 aromatic heterocycles. The molecule has 5 aromatic rings. The van der Waals surface area contributed by atoms with Crippen LogP contribution in [0, 0.1) is 0 Å². The molecular formula is C35H34BrN3O9S2.